The van der Waals surface area contributed by atoms with E-state index in [9.17, 15) is 14.7 Å². The van der Waals surface area contributed by atoms with Gasteiger partial charge in [-0.3, -0.25) is 4.79 Å². The number of hydrogen-bond acceptors (Lipinski definition) is 5. The molecule has 0 atom stereocenters. The Morgan fingerprint density at radius 1 is 0.791 bits per heavy atom. The van der Waals surface area contributed by atoms with E-state index in [1.165, 1.54) is 69.8 Å². The summed E-state index contributed by atoms with van der Waals surface area (Å²) in [6, 6.07) is 23.1. The summed E-state index contributed by atoms with van der Waals surface area (Å²) in [4.78, 5) is 31.6. The number of nitrogens with one attached hydrogen (secondary N) is 1. The number of carboxylic acids is 1. The number of amides is 1. The smallest absolute Gasteiger partial charge is 0.335 e. The summed E-state index contributed by atoms with van der Waals surface area (Å²) in [6.07, 6.45) is 12.7. The van der Waals surface area contributed by atoms with Crippen molar-refractivity contribution in [2.45, 2.75) is 70.1 Å². The second kappa shape index (κ2) is 13.6. The lowest BCUT2D eigenvalue weighted by Gasteiger charge is -2.29. The van der Waals surface area contributed by atoms with Crippen molar-refractivity contribution in [2.24, 2.45) is 5.92 Å². The molecule has 43 heavy (non-hydrogen) atoms. The topological polar surface area (TPSA) is 82.5 Å². The molecule has 7 heteroatoms. The Morgan fingerprint density at radius 2 is 1.42 bits per heavy atom. The van der Waals surface area contributed by atoms with Gasteiger partial charge in [0.15, 0.2) is 5.13 Å². The molecule has 222 valence electrons. The molecule has 1 amide bonds. The number of benzene rings is 3. The summed E-state index contributed by atoms with van der Waals surface area (Å²) in [5.74, 6) is 0.188. The van der Waals surface area contributed by atoms with Crippen LogP contribution in [0.3, 0.4) is 0 Å². The third kappa shape index (κ3) is 7.16. The Labute approximate surface area is 257 Å². The van der Waals surface area contributed by atoms with E-state index in [4.69, 9.17) is 4.98 Å². The molecule has 2 N–H and O–H groups in total. The molecule has 1 aromatic heterocycles. The number of hydrogen-bond donors (Lipinski definition) is 2. The lowest BCUT2D eigenvalue weighted by Crippen LogP contribution is -2.26. The molecule has 6 rings (SSSR count). The summed E-state index contributed by atoms with van der Waals surface area (Å²) in [5, 5.41) is 15.4. The number of thiazole rings is 1. The molecular weight excluding hydrogens is 554 g/mol. The Balaban J connectivity index is 1.14. The van der Waals surface area contributed by atoms with Gasteiger partial charge in [-0.1, -0.05) is 62.8 Å². The average molecular weight is 594 g/mol. The monoisotopic (exact) mass is 593 g/mol. The second-order valence-corrected chi connectivity index (χ2v) is 12.8. The van der Waals surface area contributed by atoms with E-state index in [0.717, 1.165) is 34.3 Å². The highest BCUT2D eigenvalue weighted by atomic mass is 32.1. The number of anilines is 3. The number of aromatic nitrogens is 1. The van der Waals surface area contributed by atoms with Gasteiger partial charge in [0.25, 0.3) is 5.91 Å². The molecule has 3 aromatic carbocycles. The predicted octanol–water partition coefficient (Wildman–Crippen LogP) is 9.53. The van der Waals surface area contributed by atoms with Crippen LogP contribution in [0.4, 0.5) is 16.5 Å². The maximum atomic E-state index is 12.9. The molecule has 0 unspecified atom stereocenters. The Bertz CT molecular complexity index is 1520. The highest BCUT2D eigenvalue weighted by molar-refractivity contribution is 7.14. The van der Waals surface area contributed by atoms with Crippen LogP contribution in [-0.2, 0) is 0 Å². The zero-order valence-electron chi connectivity index (χ0n) is 24.5. The van der Waals surface area contributed by atoms with Crippen LogP contribution in [0.15, 0.2) is 78.2 Å². The lowest BCUT2D eigenvalue weighted by molar-refractivity contribution is 0.0696. The zero-order valence-corrected chi connectivity index (χ0v) is 25.3. The average Bonchev–Trinajstić information content (AvgIpc) is 3.55. The van der Waals surface area contributed by atoms with E-state index in [1.807, 2.05) is 48.5 Å². The largest absolute Gasteiger partial charge is 0.478 e. The zero-order chi connectivity index (χ0) is 29.6. The van der Waals surface area contributed by atoms with Gasteiger partial charge in [-0.15, -0.1) is 11.3 Å². The van der Waals surface area contributed by atoms with Crippen molar-refractivity contribution in [2.75, 3.05) is 16.8 Å². The van der Waals surface area contributed by atoms with Crippen LogP contribution >= 0.6 is 11.3 Å². The number of carboxylic acid groups (broad SMARTS) is 1. The minimum absolute atomic E-state index is 0.105. The predicted molar refractivity (Wildman–Crippen MR) is 175 cm³/mol. The molecular formula is C36H39N3O3S. The van der Waals surface area contributed by atoms with Crippen LogP contribution in [0.5, 0.6) is 0 Å². The molecule has 0 aliphatic heterocycles. The molecule has 2 saturated carbocycles. The number of nitrogens with zero attached hydrogens (tertiary/aromatic N) is 2. The minimum Gasteiger partial charge on any atom is -0.478 e. The first-order valence-corrected chi connectivity index (χ1v) is 16.5. The fraction of sp³-hybridized carbons (Fsp3) is 0.361. The number of carbonyl (C=O) groups excluding carboxylic acids is 1. The van der Waals surface area contributed by atoms with Gasteiger partial charge in [-0.2, -0.15) is 0 Å². The van der Waals surface area contributed by atoms with Gasteiger partial charge in [0.05, 0.1) is 11.3 Å². The SMILES string of the molecule is O=C(O)c1ccc(N(CC2CCCCC2)c2nc(-c3ccc(NC(=O)c4ccc(C5CCCCC5)cc4)cc3)cs2)cc1. The summed E-state index contributed by atoms with van der Waals surface area (Å²) in [7, 11) is 0. The van der Waals surface area contributed by atoms with Gasteiger partial charge in [0, 0.05) is 34.4 Å². The van der Waals surface area contributed by atoms with Crippen molar-refractivity contribution < 1.29 is 14.7 Å². The second-order valence-electron chi connectivity index (χ2n) is 12.0. The van der Waals surface area contributed by atoms with Gasteiger partial charge in [-0.05, 0) is 91.6 Å². The van der Waals surface area contributed by atoms with Crippen molar-refractivity contribution in [1.29, 1.82) is 0 Å². The van der Waals surface area contributed by atoms with E-state index in [0.29, 0.717) is 17.4 Å². The van der Waals surface area contributed by atoms with E-state index < -0.39 is 5.97 Å². The molecule has 0 radical (unpaired) electrons. The van der Waals surface area contributed by atoms with E-state index in [2.05, 4.69) is 27.7 Å². The number of rotatable bonds is 9. The summed E-state index contributed by atoms with van der Waals surface area (Å²) in [6.45, 7) is 0.867. The van der Waals surface area contributed by atoms with Crippen molar-refractivity contribution in [3.63, 3.8) is 0 Å². The third-order valence-electron chi connectivity index (χ3n) is 9.00. The van der Waals surface area contributed by atoms with Crippen molar-refractivity contribution in [3.8, 4) is 11.3 Å². The molecule has 0 spiro atoms. The quantitative estimate of drug-likeness (QED) is 0.202. The van der Waals surface area contributed by atoms with Crippen molar-refractivity contribution in [1.82, 2.24) is 4.98 Å². The Hall–Kier alpha value is -3.97. The van der Waals surface area contributed by atoms with Crippen LogP contribution < -0.4 is 10.2 Å². The fourth-order valence-electron chi connectivity index (χ4n) is 6.50. The van der Waals surface area contributed by atoms with Crippen molar-refractivity contribution in [3.05, 3.63) is 94.9 Å². The number of carbonyl (C=O) groups is 2. The molecule has 0 bridgehead atoms. The standard InChI is InChI=1S/C36H39N3O3S/c40-34(29-13-11-27(12-14-29)26-9-5-2-6-10-26)37-31-19-15-28(16-20-31)33-24-43-36(38-33)39(23-25-7-3-1-4-8-25)32-21-17-30(18-22-32)35(41)42/h11-22,24-26H,1-10,23H2,(H,37,40)(H,41,42). The lowest BCUT2D eigenvalue weighted by atomic mass is 9.84. The van der Waals surface area contributed by atoms with Gasteiger partial charge in [0.2, 0.25) is 0 Å². The first kappa shape index (κ1) is 29.1. The van der Waals surface area contributed by atoms with Crippen LogP contribution in [0, 0.1) is 5.92 Å². The van der Waals surface area contributed by atoms with E-state index >= 15 is 0 Å². The fourth-order valence-corrected chi connectivity index (χ4v) is 7.36. The minimum atomic E-state index is -0.922. The molecule has 2 aliphatic rings. The maximum Gasteiger partial charge on any atom is 0.335 e. The van der Waals surface area contributed by atoms with Gasteiger partial charge in [0.1, 0.15) is 0 Å². The highest BCUT2D eigenvalue weighted by Crippen LogP contribution is 2.36. The highest BCUT2D eigenvalue weighted by Gasteiger charge is 2.22. The van der Waals surface area contributed by atoms with Crippen LogP contribution in [0.2, 0.25) is 0 Å². The molecule has 2 aliphatic carbocycles. The first-order valence-electron chi connectivity index (χ1n) is 15.6. The van der Waals surface area contributed by atoms with Gasteiger partial charge >= 0.3 is 5.97 Å². The van der Waals surface area contributed by atoms with Crippen LogP contribution in [-0.4, -0.2) is 28.5 Å². The van der Waals surface area contributed by atoms with Gasteiger partial charge in [-0.25, -0.2) is 9.78 Å². The van der Waals surface area contributed by atoms with Crippen molar-refractivity contribution >= 4 is 39.7 Å². The molecule has 1 heterocycles. The summed E-state index contributed by atoms with van der Waals surface area (Å²) >= 11 is 1.60. The normalized spacial score (nSPS) is 16.1. The van der Waals surface area contributed by atoms with Crippen LogP contribution in [0.25, 0.3) is 11.3 Å². The summed E-state index contributed by atoms with van der Waals surface area (Å²) < 4.78 is 0. The Morgan fingerprint density at radius 3 is 2.07 bits per heavy atom. The molecule has 0 saturated heterocycles. The number of aromatic carboxylic acids is 1. The first-order chi connectivity index (χ1) is 21.0. The van der Waals surface area contributed by atoms with Gasteiger partial charge < -0.3 is 15.3 Å². The van der Waals surface area contributed by atoms with E-state index in [-0.39, 0.29) is 11.5 Å². The summed E-state index contributed by atoms with van der Waals surface area (Å²) in [5.41, 5.74) is 5.87. The molecule has 2 fully saturated rings. The van der Waals surface area contributed by atoms with Crippen LogP contribution in [0.1, 0.15) is 96.4 Å². The molecule has 4 aromatic rings. The Kier molecular flexibility index (Phi) is 9.18. The van der Waals surface area contributed by atoms with E-state index in [1.54, 1.807) is 23.5 Å². The maximum absolute atomic E-state index is 12.9. The third-order valence-corrected chi connectivity index (χ3v) is 9.87. The molecule has 6 nitrogen and oxygen atoms in total.